The Morgan fingerprint density at radius 1 is 1.29 bits per heavy atom. The Balaban J connectivity index is 2.03. The lowest BCUT2D eigenvalue weighted by molar-refractivity contribution is -0.121. The molecule has 0 atom stereocenters. The van der Waals surface area contributed by atoms with Gasteiger partial charge in [0.15, 0.2) is 0 Å². The van der Waals surface area contributed by atoms with E-state index in [-0.39, 0.29) is 11.4 Å². The van der Waals surface area contributed by atoms with E-state index in [0.717, 1.165) is 19.5 Å². The van der Waals surface area contributed by atoms with Crippen molar-refractivity contribution >= 4 is 5.91 Å². The second kappa shape index (κ2) is 6.97. The Hall–Kier alpha value is -0.610. The summed E-state index contributed by atoms with van der Waals surface area (Å²) in [6.45, 7) is 11.0. The molecule has 1 aliphatic rings. The lowest BCUT2D eigenvalue weighted by atomic mass is 10.0. The number of nitrogens with one attached hydrogen (secondary N) is 2. The van der Waals surface area contributed by atoms with E-state index in [4.69, 9.17) is 0 Å². The van der Waals surface area contributed by atoms with Gasteiger partial charge in [-0.3, -0.25) is 4.79 Å². The highest BCUT2D eigenvalue weighted by atomic mass is 16.2. The molecule has 0 aliphatic carbocycles. The molecule has 0 spiro atoms. The van der Waals surface area contributed by atoms with Crippen LogP contribution in [-0.2, 0) is 4.79 Å². The number of likely N-dealkylation sites (tertiary alicyclic amines) is 1. The van der Waals surface area contributed by atoms with E-state index in [0.29, 0.717) is 6.54 Å². The predicted octanol–water partition coefficient (Wildman–Crippen LogP) is 0.977. The van der Waals surface area contributed by atoms with Gasteiger partial charge in [0.2, 0.25) is 5.91 Å². The molecule has 100 valence electrons. The maximum Gasteiger partial charge on any atom is 0.234 e. The van der Waals surface area contributed by atoms with Crippen molar-refractivity contribution in [2.24, 2.45) is 0 Å². The monoisotopic (exact) mass is 241 g/mol. The minimum absolute atomic E-state index is 0.0896. The van der Waals surface area contributed by atoms with Crippen molar-refractivity contribution in [3.05, 3.63) is 0 Å². The molecule has 1 heterocycles. The number of nitrogens with zero attached hydrogens (tertiary/aromatic N) is 1. The Bertz CT molecular complexity index is 235. The Morgan fingerprint density at radius 3 is 2.53 bits per heavy atom. The number of hydrogen-bond donors (Lipinski definition) is 2. The smallest absolute Gasteiger partial charge is 0.234 e. The molecule has 0 unspecified atom stereocenters. The number of carbonyl (C=O) groups is 1. The first-order valence-electron chi connectivity index (χ1n) is 6.77. The van der Waals surface area contributed by atoms with Crippen LogP contribution >= 0.6 is 0 Å². The van der Waals surface area contributed by atoms with Crippen molar-refractivity contribution in [2.75, 3.05) is 32.7 Å². The van der Waals surface area contributed by atoms with Crippen molar-refractivity contribution in [3.63, 3.8) is 0 Å². The Kier molecular flexibility index (Phi) is 5.92. The van der Waals surface area contributed by atoms with Gasteiger partial charge in [-0.2, -0.15) is 0 Å². The molecule has 1 amide bonds. The van der Waals surface area contributed by atoms with E-state index in [1.54, 1.807) is 0 Å². The number of carbonyl (C=O) groups excluding carboxylic acids is 1. The van der Waals surface area contributed by atoms with Crippen LogP contribution in [0.2, 0.25) is 0 Å². The van der Waals surface area contributed by atoms with Crippen molar-refractivity contribution in [3.8, 4) is 0 Å². The third kappa shape index (κ3) is 6.03. The van der Waals surface area contributed by atoms with Gasteiger partial charge in [0.1, 0.15) is 0 Å². The molecule has 0 aromatic carbocycles. The van der Waals surface area contributed by atoms with Gasteiger partial charge in [-0.05, 0) is 46.2 Å². The van der Waals surface area contributed by atoms with E-state index in [1.165, 1.54) is 25.9 Å². The van der Waals surface area contributed by atoms with Gasteiger partial charge in [0.05, 0.1) is 6.54 Å². The summed E-state index contributed by atoms with van der Waals surface area (Å²) in [5.41, 5.74) is -0.0896. The Labute approximate surface area is 105 Å². The van der Waals surface area contributed by atoms with Gasteiger partial charge in [-0.15, -0.1) is 0 Å². The molecule has 1 fully saturated rings. The van der Waals surface area contributed by atoms with Crippen LogP contribution in [0.5, 0.6) is 0 Å². The molecule has 1 saturated heterocycles. The quantitative estimate of drug-likeness (QED) is 0.653. The van der Waals surface area contributed by atoms with Crippen LogP contribution in [0.3, 0.4) is 0 Å². The summed E-state index contributed by atoms with van der Waals surface area (Å²) in [6.07, 6.45) is 3.60. The van der Waals surface area contributed by atoms with E-state index < -0.39 is 0 Å². The van der Waals surface area contributed by atoms with Gasteiger partial charge in [0, 0.05) is 18.6 Å². The van der Waals surface area contributed by atoms with E-state index in [9.17, 15) is 4.79 Å². The van der Waals surface area contributed by atoms with Crippen molar-refractivity contribution in [1.29, 1.82) is 0 Å². The van der Waals surface area contributed by atoms with Crippen molar-refractivity contribution < 1.29 is 4.79 Å². The molecule has 1 aliphatic heterocycles. The van der Waals surface area contributed by atoms with Gasteiger partial charge in [-0.25, -0.2) is 0 Å². The second-order valence-corrected chi connectivity index (χ2v) is 5.51. The highest BCUT2D eigenvalue weighted by Crippen LogP contribution is 2.06. The van der Waals surface area contributed by atoms with Crippen molar-refractivity contribution in [1.82, 2.24) is 15.5 Å². The molecular weight excluding hydrogens is 214 g/mol. The maximum absolute atomic E-state index is 11.6. The van der Waals surface area contributed by atoms with Gasteiger partial charge in [0.25, 0.3) is 0 Å². The molecule has 1 rings (SSSR count). The first-order valence-corrected chi connectivity index (χ1v) is 6.77. The van der Waals surface area contributed by atoms with Crippen LogP contribution in [0, 0.1) is 0 Å². The van der Waals surface area contributed by atoms with E-state index in [2.05, 4.69) is 36.3 Å². The minimum atomic E-state index is -0.0896. The molecule has 4 heteroatoms. The standard InChI is InChI=1S/C13H27N3O/c1-4-13(2,3)15-12(17)11-14-7-10-16-8-5-6-9-16/h14H,4-11H2,1-3H3,(H,15,17). The molecule has 0 saturated carbocycles. The summed E-state index contributed by atoms with van der Waals surface area (Å²) in [5, 5.41) is 6.22. The van der Waals surface area contributed by atoms with Gasteiger partial charge >= 0.3 is 0 Å². The van der Waals surface area contributed by atoms with E-state index in [1.807, 2.05) is 0 Å². The zero-order chi connectivity index (χ0) is 12.7. The van der Waals surface area contributed by atoms with Crippen LogP contribution < -0.4 is 10.6 Å². The van der Waals surface area contributed by atoms with Gasteiger partial charge in [-0.1, -0.05) is 6.92 Å². The molecule has 0 aromatic heterocycles. The fraction of sp³-hybridized carbons (Fsp3) is 0.923. The number of rotatable bonds is 7. The normalized spacial score (nSPS) is 17.4. The molecule has 17 heavy (non-hydrogen) atoms. The SMILES string of the molecule is CCC(C)(C)NC(=O)CNCCN1CCCC1. The Morgan fingerprint density at radius 2 is 1.94 bits per heavy atom. The average Bonchev–Trinajstić information content (AvgIpc) is 2.77. The lowest BCUT2D eigenvalue weighted by Crippen LogP contribution is -2.47. The third-order valence-electron chi connectivity index (χ3n) is 3.45. The summed E-state index contributed by atoms with van der Waals surface area (Å²) >= 11 is 0. The largest absolute Gasteiger partial charge is 0.350 e. The van der Waals surface area contributed by atoms with Gasteiger partial charge < -0.3 is 15.5 Å². The maximum atomic E-state index is 11.6. The summed E-state index contributed by atoms with van der Waals surface area (Å²) < 4.78 is 0. The topological polar surface area (TPSA) is 44.4 Å². The molecule has 2 N–H and O–H groups in total. The second-order valence-electron chi connectivity index (χ2n) is 5.51. The fourth-order valence-corrected chi connectivity index (χ4v) is 1.96. The summed E-state index contributed by atoms with van der Waals surface area (Å²) in [6, 6.07) is 0. The zero-order valence-electron chi connectivity index (χ0n) is 11.5. The zero-order valence-corrected chi connectivity index (χ0v) is 11.5. The predicted molar refractivity (Wildman–Crippen MR) is 71.1 cm³/mol. The first kappa shape index (κ1) is 14.5. The molecular formula is C13H27N3O. The number of amides is 1. The number of hydrogen-bond acceptors (Lipinski definition) is 3. The first-order chi connectivity index (χ1) is 8.03. The summed E-state index contributed by atoms with van der Waals surface area (Å²) in [7, 11) is 0. The molecule has 0 aromatic rings. The summed E-state index contributed by atoms with van der Waals surface area (Å²) in [5.74, 6) is 0.0956. The highest BCUT2D eigenvalue weighted by molar-refractivity contribution is 5.78. The van der Waals surface area contributed by atoms with E-state index >= 15 is 0 Å². The van der Waals surface area contributed by atoms with Crippen LogP contribution in [0.15, 0.2) is 0 Å². The highest BCUT2D eigenvalue weighted by Gasteiger charge is 2.17. The third-order valence-corrected chi connectivity index (χ3v) is 3.45. The lowest BCUT2D eigenvalue weighted by Gasteiger charge is -2.24. The van der Waals surface area contributed by atoms with Crippen LogP contribution in [0.1, 0.15) is 40.0 Å². The molecule has 0 radical (unpaired) electrons. The molecule has 0 bridgehead atoms. The average molecular weight is 241 g/mol. The minimum Gasteiger partial charge on any atom is -0.350 e. The van der Waals surface area contributed by atoms with Crippen molar-refractivity contribution in [2.45, 2.75) is 45.6 Å². The van der Waals surface area contributed by atoms with Crippen LogP contribution in [-0.4, -0.2) is 49.1 Å². The fourth-order valence-electron chi connectivity index (χ4n) is 1.96. The summed E-state index contributed by atoms with van der Waals surface area (Å²) in [4.78, 5) is 14.1. The van der Waals surface area contributed by atoms with Crippen LogP contribution in [0.4, 0.5) is 0 Å². The molecule has 4 nitrogen and oxygen atoms in total. The van der Waals surface area contributed by atoms with Crippen LogP contribution in [0.25, 0.3) is 0 Å².